The lowest BCUT2D eigenvalue weighted by Crippen LogP contribution is -2.38. The molecule has 1 aromatic carbocycles. The van der Waals surface area contributed by atoms with Crippen LogP contribution in [0.3, 0.4) is 0 Å². The van der Waals surface area contributed by atoms with Crippen LogP contribution in [-0.2, 0) is 4.79 Å². The number of benzene rings is 1. The van der Waals surface area contributed by atoms with Gasteiger partial charge in [0.05, 0.1) is 0 Å². The number of ketones is 2. The van der Waals surface area contributed by atoms with Crippen LogP contribution in [0.25, 0.3) is 0 Å². The summed E-state index contributed by atoms with van der Waals surface area (Å²) in [6.45, 7) is -0.584. The maximum absolute atomic E-state index is 12.0. The highest BCUT2D eigenvalue weighted by Gasteiger charge is 2.36. The fraction of sp³-hybridized carbons (Fsp3) is 0.167. The van der Waals surface area contributed by atoms with E-state index in [2.05, 4.69) is 4.99 Å². The van der Waals surface area contributed by atoms with Crippen LogP contribution in [-0.4, -0.2) is 40.3 Å². The van der Waals surface area contributed by atoms with Crippen molar-refractivity contribution in [1.29, 1.82) is 0 Å². The van der Waals surface area contributed by atoms with Crippen LogP contribution < -0.4 is 0 Å². The zero-order valence-corrected chi connectivity index (χ0v) is 9.85. The highest BCUT2D eigenvalue weighted by atomic mass is 35.5. The van der Waals surface area contributed by atoms with Crippen LogP contribution in [0.15, 0.2) is 29.3 Å². The van der Waals surface area contributed by atoms with E-state index in [0.717, 1.165) is 0 Å². The standard InChI is InChI=1S/C12H8ClNO4/c13-9-10(14-5-8(15)16)12(18)7-4-2-1-3-6(7)11(9)17/h1-4,9H,5H2,(H,15,16)/t9-/m1/s1. The second kappa shape index (κ2) is 4.70. The van der Waals surface area contributed by atoms with Crippen LogP contribution in [0, 0.1) is 0 Å². The van der Waals surface area contributed by atoms with Crippen molar-refractivity contribution < 1.29 is 19.5 Å². The van der Waals surface area contributed by atoms with E-state index in [1.807, 2.05) is 0 Å². The van der Waals surface area contributed by atoms with Crippen LogP contribution in [0.4, 0.5) is 0 Å². The number of carboxylic acids is 1. The third-order valence-electron chi connectivity index (χ3n) is 2.52. The van der Waals surface area contributed by atoms with Crippen molar-refractivity contribution >= 4 is 34.8 Å². The molecule has 0 amide bonds. The summed E-state index contributed by atoms with van der Waals surface area (Å²) in [5, 5.41) is 7.32. The van der Waals surface area contributed by atoms with Gasteiger partial charge >= 0.3 is 5.97 Å². The minimum Gasteiger partial charge on any atom is -0.480 e. The maximum Gasteiger partial charge on any atom is 0.325 e. The predicted molar refractivity (Wildman–Crippen MR) is 64.7 cm³/mol. The molecule has 1 aliphatic rings. The van der Waals surface area contributed by atoms with Crippen molar-refractivity contribution in [2.24, 2.45) is 4.99 Å². The second-order valence-corrected chi connectivity index (χ2v) is 4.13. The van der Waals surface area contributed by atoms with Crippen molar-refractivity contribution in [2.45, 2.75) is 5.38 Å². The second-order valence-electron chi connectivity index (χ2n) is 3.70. The fourth-order valence-electron chi connectivity index (χ4n) is 1.71. The van der Waals surface area contributed by atoms with E-state index in [0.29, 0.717) is 0 Å². The van der Waals surface area contributed by atoms with Crippen molar-refractivity contribution in [3.05, 3.63) is 35.4 Å². The number of hydrogen-bond acceptors (Lipinski definition) is 4. The van der Waals surface area contributed by atoms with Crippen molar-refractivity contribution in [3.63, 3.8) is 0 Å². The van der Waals surface area contributed by atoms with Gasteiger partial charge in [0.1, 0.15) is 17.6 Å². The molecule has 0 saturated heterocycles. The van der Waals surface area contributed by atoms with E-state index in [9.17, 15) is 14.4 Å². The number of hydrogen-bond donors (Lipinski definition) is 1. The molecule has 5 nitrogen and oxygen atoms in total. The molecule has 0 aromatic heterocycles. The zero-order chi connectivity index (χ0) is 13.3. The van der Waals surface area contributed by atoms with Crippen molar-refractivity contribution in [1.82, 2.24) is 0 Å². The largest absolute Gasteiger partial charge is 0.480 e. The average molecular weight is 266 g/mol. The third kappa shape index (κ3) is 2.04. The van der Waals surface area contributed by atoms with Gasteiger partial charge in [0.25, 0.3) is 0 Å². The van der Waals surface area contributed by atoms with Gasteiger partial charge in [-0.2, -0.15) is 0 Å². The number of alkyl halides is 1. The maximum atomic E-state index is 12.0. The molecule has 1 N–H and O–H groups in total. The minimum absolute atomic E-state index is 0.206. The van der Waals surface area contributed by atoms with Gasteiger partial charge in [-0.3, -0.25) is 19.4 Å². The molecular weight excluding hydrogens is 258 g/mol. The fourth-order valence-corrected chi connectivity index (χ4v) is 2.00. The molecule has 2 rings (SSSR count). The number of carbonyl (C=O) groups excluding carboxylic acids is 2. The summed E-state index contributed by atoms with van der Waals surface area (Å²) in [6, 6.07) is 6.26. The smallest absolute Gasteiger partial charge is 0.325 e. The Hall–Kier alpha value is -2.01. The Kier molecular flexibility index (Phi) is 3.25. The molecule has 0 aliphatic heterocycles. The normalized spacial score (nSPS) is 20.9. The molecule has 6 heteroatoms. The first-order valence-electron chi connectivity index (χ1n) is 5.10. The highest BCUT2D eigenvalue weighted by Crippen LogP contribution is 2.23. The number of rotatable bonds is 2. The van der Waals surface area contributed by atoms with Gasteiger partial charge in [-0.05, 0) is 0 Å². The molecule has 1 aliphatic carbocycles. The van der Waals surface area contributed by atoms with Crippen LogP contribution in [0.5, 0.6) is 0 Å². The Balaban J connectivity index is 2.49. The van der Waals surface area contributed by atoms with Gasteiger partial charge in [-0.25, -0.2) is 0 Å². The predicted octanol–water partition coefficient (Wildman–Crippen LogP) is 1.20. The number of halogens is 1. The van der Waals surface area contributed by atoms with Gasteiger partial charge in [-0.15, -0.1) is 11.6 Å². The Morgan fingerprint density at radius 3 is 2.50 bits per heavy atom. The van der Waals surface area contributed by atoms with Crippen LogP contribution >= 0.6 is 11.6 Å². The molecular formula is C12H8ClNO4. The van der Waals surface area contributed by atoms with Crippen molar-refractivity contribution in [2.75, 3.05) is 6.54 Å². The summed E-state index contributed by atoms with van der Waals surface area (Å²) in [5.74, 6) is -2.12. The lowest BCUT2D eigenvalue weighted by atomic mass is 9.88. The van der Waals surface area contributed by atoms with E-state index in [1.54, 1.807) is 12.1 Å². The SMILES string of the molecule is O=C(O)CN=C1C(=O)c2ccccc2C(=O)[C@@H]1Cl. The van der Waals surface area contributed by atoms with Crippen molar-refractivity contribution in [3.8, 4) is 0 Å². The topological polar surface area (TPSA) is 83.8 Å². The number of aliphatic imine (C=N–C) groups is 1. The number of nitrogens with zero attached hydrogens (tertiary/aromatic N) is 1. The Bertz CT molecular complexity index is 579. The summed E-state index contributed by atoms with van der Waals surface area (Å²) in [5.41, 5.74) is 0.253. The molecule has 1 aromatic rings. The molecule has 0 saturated carbocycles. The van der Waals surface area contributed by atoms with Crippen LogP contribution in [0.2, 0.25) is 0 Å². The molecule has 0 bridgehead atoms. The number of Topliss-reactive ketones (excluding diaryl/α,β-unsaturated/α-hetero) is 2. The Labute approximate surface area is 107 Å². The van der Waals surface area contributed by atoms with Gasteiger partial charge < -0.3 is 5.11 Å². The van der Waals surface area contributed by atoms with Crippen LogP contribution in [0.1, 0.15) is 20.7 Å². The van der Waals surface area contributed by atoms with E-state index in [-0.39, 0.29) is 16.8 Å². The molecule has 0 unspecified atom stereocenters. The van der Waals surface area contributed by atoms with Gasteiger partial charge in [0, 0.05) is 11.1 Å². The summed E-state index contributed by atoms with van der Waals surface area (Å²) < 4.78 is 0. The first-order chi connectivity index (χ1) is 8.52. The lowest BCUT2D eigenvalue weighted by molar-refractivity contribution is -0.135. The molecule has 18 heavy (non-hydrogen) atoms. The summed E-state index contributed by atoms with van der Waals surface area (Å²) in [4.78, 5) is 38.0. The third-order valence-corrected chi connectivity index (χ3v) is 2.93. The first-order valence-corrected chi connectivity index (χ1v) is 5.54. The van der Waals surface area contributed by atoms with E-state index in [1.165, 1.54) is 12.1 Å². The van der Waals surface area contributed by atoms with E-state index < -0.39 is 29.5 Å². The van der Waals surface area contributed by atoms with Gasteiger partial charge in [0.15, 0.2) is 5.78 Å². The average Bonchev–Trinajstić information content (AvgIpc) is 2.36. The van der Waals surface area contributed by atoms with E-state index in [4.69, 9.17) is 16.7 Å². The number of fused-ring (bicyclic) bond motifs is 1. The van der Waals surface area contributed by atoms with E-state index >= 15 is 0 Å². The Morgan fingerprint density at radius 1 is 1.28 bits per heavy atom. The number of aliphatic carboxylic acids is 1. The number of carboxylic acid groups (broad SMARTS) is 1. The quantitative estimate of drug-likeness (QED) is 0.815. The molecule has 92 valence electrons. The zero-order valence-electron chi connectivity index (χ0n) is 9.09. The summed E-state index contributed by atoms with van der Waals surface area (Å²) in [7, 11) is 0. The lowest BCUT2D eigenvalue weighted by Gasteiger charge is -2.19. The first kappa shape index (κ1) is 12.4. The summed E-state index contributed by atoms with van der Waals surface area (Å²) >= 11 is 5.85. The number of carbonyl (C=O) groups is 3. The Morgan fingerprint density at radius 2 is 1.89 bits per heavy atom. The van der Waals surface area contributed by atoms with Gasteiger partial charge in [0.2, 0.25) is 5.78 Å². The summed E-state index contributed by atoms with van der Waals surface area (Å²) in [6.07, 6.45) is 0. The monoisotopic (exact) mass is 265 g/mol. The molecule has 0 fully saturated rings. The molecule has 0 radical (unpaired) electrons. The molecule has 0 heterocycles. The minimum atomic E-state index is -1.22. The van der Waals surface area contributed by atoms with Gasteiger partial charge in [-0.1, -0.05) is 24.3 Å². The highest BCUT2D eigenvalue weighted by molar-refractivity contribution is 6.64. The molecule has 1 atom stereocenters. The molecule has 0 spiro atoms.